The molecular formula is C21H22N3O2S. The predicted octanol–water partition coefficient (Wildman–Crippen LogP) is 3.29. The van der Waals surface area contributed by atoms with E-state index in [2.05, 4.69) is 19.1 Å². The van der Waals surface area contributed by atoms with Crippen molar-refractivity contribution < 1.29 is 9.59 Å². The van der Waals surface area contributed by atoms with Crippen LogP contribution in [0.5, 0.6) is 0 Å². The Morgan fingerprint density at radius 3 is 2.56 bits per heavy atom. The van der Waals surface area contributed by atoms with Crippen molar-refractivity contribution in [3.63, 3.8) is 0 Å². The number of nitrogens with two attached hydrogens (primary N) is 1. The highest BCUT2D eigenvalue weighted by Gasteiger charge is 2.68. The fourth-order valence-electron chi connectivity index (χ4n) is 4.33. The largest absolute Gasteiger partial charge is 0.369 e. The molecule has 2 amide bonds. The number of likely N-dealkylation sites (tertiary alicyclic amines) is 1. The van der Waals surface area contributed by atoms with Gasteiger partial charge in [-0.3, -0.25) is 9.59 Å². The van der Waals surface area contributed by atoms with Gasteiger partial charge in [0, 0.05) is 18.0 Å². The van der Waals surface area contributed by atoms with Gasteiger partial charge in [-0.2, -0.15) is 0 Å². The SMILES string of the molecule is [CH2][C@H]1C[C@@]2(C(N)=O)C[C@@H]2N1C(=O)c1nc(C2CC2)sc1-c1ccc(C)cc1. The van der Waals surface area contributed by atoms with E-state index in [1.165, 1.54) is 5.56 Å². The van der Waals surface area contributed by atoms with Crippen molar-refractivity contribution in [3.05, 3.63) is 47.5 Å². The Labute approximate surface area is 162 Å². The molecule has 0 bridgehead atoms. The van der Waals surface area contributed by atoms with Gasteiger partial charge in [0.2, 0.25) is 5.91 Å². The number of nitrogens with zero attached hydrogens (tertiary/aromatic N) is 2. The number of fused-ring (bicyclic) bond motifs is 1. The van der Waals surface area contributed by atoms with Crippen LogP contribution >= 0.6 is 11.3 Å². The minimum atomic E-state index is -0.568. The summed E-state index contributed by atoms with van der Waals surface area (Å²) in [6, 6.07) is 7.85. The summed E-state index contributed by atoms with van der Waals surface area (Å²) >= 11 is 1.63. The topological polar surface area (TPSA) is 76.3 Å². The number of aryl methyl sites for hydroxylation is 1. The number of benzene rings is 1. The molecule has 1 saturated heterocycles. The van der Waals surface area contributed by atoms with Crippen molar-refractivity contribution in [1.82, 2.24) is 9.88 Å². The molecule has 0 spiro atoms. The van der Waals surface area contributed by atoms with Crippen LogP contribution in [0.3, 0.4) is 0 Å². The smallest absolute Gasteiger partial charge is 0.274 e. The highest BCUT2D eigenvalue weighted by atomic mass is 32.1. The lowest BCUT2D eigenvalue weighted by atomic mass is 10.00. The third-order valence-corrected chi connectivity index (χ3v) is 7.44. The van der Waals surface area contributed by atoms with E-state index in [0.717, 1.165) is 28.3 Å². The van der Waals surface area contributed by atoms with Gasteiger partial charge >= 0.3 is 0 Å². The maximum Gasteiger partial charge on any atom is 0.274 e. The fraction of sp³-hybridized carbons (Fsp3) is 0.429. The molecule has 2 heterocycles. The van der Waals surface area contributed by atoms with E-state index in [1.807, 2.05) is 19.1 Å². The summed E-state index contributed by atoms with van der Waals surface area (Å²) in [5.41, 5.74) is 7.74. The Kier molecular flexibility index (Phi) is 3.54. The molecule has 1 aromatic carbocycles. The molecule has 1 aliphatic heterocycles. The van der Waals surface area contributed by atoms with Gasteiger partial charge in [0.25, 0.3) is 5.91 Å². The molecule has 0 unspecified atom stereocenters. The lowest BCUT2D eigenvalue weighted by Crippen LogP contribution is -2.37. The lowest BCUT2D eigenvalue weighted by Gasteiger charge is -2.23. The van der Waals surface area contributed by atoms with Crippen molar-refractivity contribution in [2.45, 2.75) is 50.6 Å². The van der Waals surface area contributed by atoms with E-state index >= 15 is 0 Å². The third kappa shape index (κ3) is 2.53. The van der Waals surface area contributed by atoms with Crippen LogP contribution in [0.4, 0.5) is 0 Å². The van der Waals surface area contributed by atoms with Crippen LogP contribution in [0.15, 0.2) is 24.3 Å². The van der Waals surface area contributed by atoms with Crippen LogP contribution in [-0.2, 0) is 4.79 Å². The van der Waals surface area contributed by atoms with Crippen LogP contribution in [0.1, 0.15) is 52.7 Å². The summed E-state index contributed by atoms with van der Waals surface area (Å²) in [5, 5.41) is 1.05. The zero-order chi connectivity index (χ0) is 18.9. The Morgan fingerprint density at radius 1 is 1.26 bits per heavy atom. The molecule has 139 valence electrons. The van der Waals surface area contributed by atoms with Crippen LogP contribution in [0, 0.1) is 19.3 Å². The Morgan fingerprint density at radius 2 is 1.96 bits per heavy atom. The number of piperidine rings is 1. The average molecular weight is 380 g/mol. The molecule has 27 heavy (non-hydrogen) atoms. The monoisotopic (exact) mass is 380 g/mol. The number of carbonyl (C=O) groups excluding carboxylic acids is 2. The molecule has 2 saturated carbocycles. The highest BCUT2D eigenvalue weighted by molar-refractivity contribution is 7.15. The number of amides is 2. The number of aromatic nitrogens is 1. The number of rotatable bonds is 4. The van der Waals surface area contributed by atoms with Crippen LogP contribution in [0.2, 0.25) is 0 Å². The molecule has 3 aliphatic rings. The number of hydrogen-bond acceptors (Lipinski definition) is 4. The van der Waals surface area contributed by atoms with E-state index in [1.54, 1.807) is 16.2 Å². The van der Waals surface area contributed by atoms with E-state index in [4.69, 9.17) is 10.7 Å². The van der Waals surface area contributed by atoms with Crippen molar-refractivity contribution >= 4 is 23.2 Å². The number of hydrogen-bond donors (Lipinski definition) is 1. The maximum atomic E-state index is 13.5. The molecular weight excluding hydrogens is 358 g/mol. The van der Waals surface area contributed by atoms with Crippen LogP contribution < -0.4 is 5.73 Å². The molecule has 1 radical (unpaired) electrons. The quantitative estimate of drug-likeness (QED) is 0.884. The number of carbonyl (C=O) groups is 2. The van der Waals surface area contributed by atoms with Crippen molar-refractivity contribution in [2.24, 2.45) is 11.1 Å². The second-order valence-electron chi connectivity index (χ2n) is 8.18. The third-order valence-electron chi connectivity index (χ3n) is 6.18. The Balaban J connectivity index is 1.53. The normalized spacial score (nSPS) is 28.9. The molecule has 3 fully saturated rings. The van der Waals surface area contributed by atoms with Gasteiger partial charge in [-0.1, -0.05) is 29.8 Å². The van der Waals surface area contributed by atoms with Gasteiger partial charge in [0.1, 0.15) is 5.69 Å². The second-order valence-corrected chi connectivity index (χ2v) is 9.21. The first-order valence-corrected chi connectivity index (χ1v) is 10.3. The lowest BCUT2D eigenvalue weighted by molar-refractivity contribution is -0.123. The van der Waals surface area contributed by atoms with Gasteiger partial charge in [-0.25, -0.2) is 4.98 Å². The summed E-state index contributed by atoms with van der Waals surface area (Å²) in [4.78, 5) is 32.8. The standard InChI is InChI=1S/C21H22N3O2S/c1-11-3-5-13(6-4-11)17-16(23-18(27-17)14-7-8-14)19(25)24-12(2)9-21(20(22)26)10-15(21)24/h3-6,12,14-15H,2,7-10H2,1H3,(H2,22,26)/t12-,15-,21+/m0/s1. The first-order chi connectivity index (χ1) is 12.9. The molecule has 5 rings (SSSR count). The van der Waals surface area contributed by atoms with Crippen molar-refractivity contribution in [3.8, 4) is 10.4 Å². The summed E-state index contributed by atoms with van der Waals surface area (Å²) in [7, 11) is 0. The number of thiazole rings is 1. The van der Waals surface area contributed by atoms with E-state index < -0.39 is 5.41 Å². The highest BCUT2D eigenvalue weighted by Crippen LogP contribution is 2.59. The molecule has 6 heteroatoms. The molecule has 2 aliphatic carbocycles. The van der Waals surface area contributed by atoms with Crippen molar-refractivity contribution in [2.75, 3.05) is 0 Å². The van der Waals surface area contributed by atoms with Crippen LogP contribution in [-0.4, -0.2) is 33.8 Å². The Bertz CT molecular complexity index is 947. The predicted molar refractivity (Wildman–Crippen MR) is 104 cm³/mol. The maximum absolute atomic E-state index is 13.5. The molecule has 2 N–H and O–H groups in total. The van der Waals surface area contributed by atoms with Gasteiger partial charge in [-0.05, 0) is 45.1 Å². The summed E-state index contributed by atoms with van der Waals surface area (Å²) in [6.45, 7) is 6.16. The first-order valence-electron chi connectivity index (χ1n) is 9.44. The zero-order valence-electron chi connectivity index (χ0n) is 15.3. The van der Waals surface area contributed by atoms with E-state index in [9.17, 15) is 9.59 Å². The first kappa shape index (κ1) is 16.9. The van der Waals surface area contributed by atoms with Crippen LogP contribution in [0.25, 0.3) is 10.4 Å². The summed E-state index contributed by atoms with van der Waals surface area (Å²) in [6.07, 6.45) is 3.49. The number of primary amides is 1. The summed E-state index contributed by atoms with van der Waals surface area (Å²) < 4.78 is 0. The molecule has 1 aromatic heterocycles. The minimum absolute atomic E-state index is 0.112. The average Bonchev–Trinajstić information content (AvgIpc) is 3.53. The van der Waals surface area contributed by atoms with Gasteiger partial charge in [0.15, 0.2) is 0 Å². The summed E-state index contributed by atoms with van der Waals surface area (Å²) in [5.74, 6) is 0.0621. The minimum Gasteiger partial charge on any atom is -0.369 e. The van der Waals surface area contributed by atoms with Gasteiger partial charge in [-0.15, -0.1) is 11.3 Å². The van der Waals surface area contributed by atoms with Crippen molar-refractivity contribution in [1.29, 1.82) is 0 Å². The second kappa shape index (κ2) is 5.64. The van der Waals surface area contributed by atoms with E-state index in [-0.39, 0.29) is 23.9 Å². The molecule has 5 nitrogen and oxygen atoms in total. The fourth-order valence-corrected chi connectivity index (χ4v) is 5.56. The molecule has 3 atom stereocenters. The van der Waals surface area contributed by atoms with E-state index in [0.29, 0.717) is 24.5 Å². The van der Waals surface area contributed by atoms with Gasteiger partial charge in [0.05, 0.1) is 15.3 Å². The van der Waals surface area contributed by atoms with Gasteiger partial charge < -0.3 is 10.6 Å². The Hall–Kier alpha value is -2.21. The molecule has 2 aromatic rings. The zero-order valence-corrected chi connectivity index (χ0v) is 16.1.